The molecule has 2 aromatic rings. The molecule has 3 nitrogen and oxygen atoms in total. The molecule has 3 heteroatoms. The summed E-state index contributed by atoms with van der Waals surface area (Å²) in [6.07, 6.45) is 2.55. The molecule has 12 heavy (non-hydrogen) atoms. The van der Waals surface area contributed by atoms with Gasteiger partial charge in [0.25, 0.3) is 0 Å². The van der Waals surface area contributed by atoms with Gasteiger partial charge in [-0.3, -0.25) is 14.8 Å². The number of hydrogen-bond donors (Lipinski definition) is 0. The first-order valence-corrected chi connectivity index (χ1v) is 3.57. The molecular formula is C9H6N2O. The molecule has 58 valence electrons. The van der Waals surface area contributed by atoms with Crippen LogP contribution in [0.1, 0.15) is 0 Å². The molecule has 1 heterocycles. The summed E-state index contributed by atoms with van der Waals surface area (Å²) in [7, 11) is 0. The first-order chi connectivity index (χ1) is 5.86. The second-order valence-electron chi connectivity index (χ2n) is 2.41. The van der Waals surface area contributed by atoms with Crippen LogP contribution in [0.15, 0.2) is 41.5 Å². The lowest BCUT2D eigenvalue weighted by Crippen LogP contribution is -1.91. The van der Waals surface area contributed by atoms with Crippen molar-refractivity contribution in [3.8, 4) is 0 Å². The maximum atomic E-state index is 10.9. The maximum absolute atomic E-state index is 10.9. The lowest BCUT2D eigenvalue weighted by Gasteiger charge is -1.85. The van der Waals surface area contributed by atoms with Crippen molar-refractivity contribution in [2.24, 2.45) is 0 Å². The Hall–Kier alpha value is -1.77. The molecule has 0 aliphatic rings. The Morgan fingerprint density at radius 3 is 1.92 bits per heavy atom. The minimum Gasteiger partial charge on any atom is -0.286 e. The van der Waals surface area contributed by atoms with Crippen LogP contribution in [-0.4, -0.2) is 9.97 Å². The Balaban J connectivity index is 2.94. The van der Waals surface area contributed by atoms with E-state index in [-0.39, 0.29) is 5.43 Å². The molecule has 2 rings (SSSR count). The average Bonchev–Trinajstić information content (AvgIpc) is 2.29. The molecular weight excluding hydrogens is 152 g/mol. The zero-order valence-corrected chi connectivity index (χ0v) is 6.27. The third-order valence-corrected chi connectivity index (χ3v) is 1.54. The van der Waals surface area contributed by atoms with Crippen LogP contribution in [0.5, 0.6) is 0 Å². The molecule has 0 amide bonds. The standard InChI is InChI=1S/C9H6N2O/c12-7-5-10-8-3-1-2-4-9(8)11-6-7/h1-6H. The van der Waals surface area contributed by atoms with E-state index in [4.69, 9.17) is 0 Å². The van der Waals surface area contributed by atoms with Crippen LogP contribution >= 0.6 is 0 Å². The monoisotopic (exact) mass is 158 g/mol. The van der Waals surface area contributed by atoms with Crippen LogP contribution in [0, 0.1) is 0 Å². The van der Waals surface area contributed by atoms with E-state index < -0.39 is 0 Å². The van der Waals surface area contributed by atoms with Gasteiger partial charge in [-0.05, 0) is 12.1 Å². The van der Waals surface area contributed by atoms with Crippen molar-refractivity contribution in [2.75, 3.05) is 0 Å². The van der Waals surface area contributed by atoms with Gasteiger partial charge in [0, 0.05) is 0 Å². The SMILES string of the molecule is O=c1cnc2ccccc2nc1. The van der Waals surface area contributed by atoms with E-state index in [9.17, 15) is 4.79 Å². The highest BCUT2D eigenvalue weighted by Crippen LogP contribution is 2.02. The van der Waals surface area contributed by atoms with Crippen molar-refractivity contribution < 1.29 is 0 Å². The van der Waals surface area contributed by atoms with E-state index in [0.717, 1.165) is 11.0 Å². The number of fused-ring (bicyclic) bond motifs is 1. The van der Waals surface area contributed by atoms with Crippen molar-refractivity contribution in [3.05, 3.63) is 46.9 Å². The summed E-state index contributed by atoms with van der Waals surface area (Å²) >= 11 is 0. The minimum atomic E-state index is -0.175. The fourth-order valence-corrected chi connectivity index (χ4v) is 0.982. The van der Waals surface area contributed by atoms with Crippen LogP contribution in [0.25, 0.3) is 11.0 Å². The Bertz CT molecular complexity index is 426. The van der Waals surface area contributed by atoms with E-state index in [1.165, 1.54) is 12.4 Å². The highest BCUT2D eigenvalue weighted by Gasteiger charge is 1.89. The number of nitrogens with zero attached hydrogens (tertiary/aromatic N) is 2. The molecule has 0 unspecified atom stereocenters. The number of aromatic nitrogens is 2. The van der Waals surface area contributed by atoms with Crippen LogP contribution in [0.4, 0.5) is 0 Å². The van der Waals surface area contributed by atoms with Gasteiger partial charge in [-0.15, -0.1) is 0 Å². The number of benzene rings is 1. The van der Waals surface area contributed by atoms with Crippen LogP contribution < -0.4 is 5.43 Å². The van der Waals surface area contributed by atoms with E-state index in [2.05, 4.69) is 9.97 Å². The Labute approximate surface area is 68.7 Å². The van der Waals surface area contributed by atoms with Crippen molar-refractivity contribution in [1.82, 2.24) is 9.97 Å². The molecule has 1 aromatic heterocycles. The second kappa shape index (κ2) is 2.70. The quantitative estimate of drug-likeness (QED) is 0.574. The van der Waals surface area contributed by atoms with Gasteiger partial charge in [-0.1, -0.05) is 12.1 Å². The summed E-state index contributed by atoms with van der Waals surface area (Å²) in [6.45, 7) is 0. The predicted octanol–water partition coefficient (Wildman–Crippen LogP) is 0.990. The maximum Gasteiger partial charge on any atom is 0.215 e. The molecule has 0 saturated carbocycles. The molecule has 0 fully saturated rings. The molecule has 0 spiro atoms. The van der Waals surface area contributed by atoms with Gasteiger partial charge in [0.15, 0.2) is 0 Å². The topological polar surface area (TPSA) is 42.9 Å². The number of rotatable bonds is 0. The average molecular weight is 158 g/mol. The van der Waals surface area contributed by atoms with E-state index in [1.54, 1.807) is 0 Å². The third kappa shape index (κ3) is 1.16. The number of para-hydroxylation sites is 2. The summed E-state index contributed by atoms with van der Waals surface area (Å²) in [5.74, 6) is 0. The summed E-state index contributed by atoms with van der Waals surface area (Å²) in [4.78, 5) is 18.8. The number of hydrogen-bond acceptors (Lipinski definition) is 3. The van der Waals surface area contributed by atoms with E-state index in [1.807, 2.05) is 24.3 Å². The van der Waals surface area contributed by atoms with Gasteiger partial charge in [-0.25, -0.2) is 0 Å². The molecule has 0 bridgehead atoms. The van der Waals surface area contributed by atoms with Crippen molar-refractivity contribution in [2.45, 2.75) is 0 Å². The zero-order chi connectivity index (χ0) is 8.39. The second-order valence-corrected chi connectivity index (χ2v) is 2.41. The summed E-state index contributed by atoms with van der Waals surface area (Å²) in [6, 6.07) is 7.37. The molecule has 1 aromatic carbocycles. The molecule has 0 radical (unpaired) electrons. The van der Waals surface area contributed by atoms with E-state index >= 15 is 0 Å². The Kier molecular flexibility index (Phi) is 1.55. The van der Waals surface area contributed by atoms with Gasteiger partial charge >= 0.3 is 0 Å². The van der Waals surface area contributed by atoms with Crippen LogP contribution in [-0.2, 0) is 0 Å². The molecule has 0 atom stereocenters. The fraction of sp³-hybridized carbons (Fsp3) is 0. The van der Waals surface area contributed by atoms with Crippen LogP contribution in [0.2, 0.25) is 0 Å². The van der Waals surface area contributed by atoms with Gasteiger partial charge in [0.1, 0.15) is 0 Å². The van der Waals surface area contributed by atoms with Crippen molar-refractivity contribution in [1.29, 1.82) is 0 Å². The minimum absolute atomic E-state index is 0.175. The van der Waals surface area contributed by atoms with Gasteiger partial charge in [0.2, 0.25) is 5.43 Å². The largest absolute Gasteiger partial charge is 0.286 e. The highest BCUT2D eigenvalue weighted by molar-refractivity contribution is 5.72. The lowest BCUT2D eigenvalue weighted by atomic mass is 10.3. The Morgan fingerprint density at radius 1 is 0.917 bits per heavy atom. The van der Waals surface area contributed by atoms with Crippen molar-refractivity contribution in [3.63, 3.8) is 0 Å². The Morgan fingerprint density at radius 2 is 1.42 bits per heavy atom. The summed E-state index contributed by atoms with van der Waals surface area (Å²) < 4.78 is 0. The lowest BCUT2D eigenvalue weighted by molar-refractivity contribution is 1.38. The third-order valence-electron chi connectivity index (χ3n) is 1.54. The first kappa shape index (κ1) is 6.91. The van der Waals surface area contributed by atoms with E-state index in [0.29, 0.717) is 0 Å². The molecule has 0 aliphatic carbocycles. The zero-order valence-electron chi connectivity index (χ0n) is 6.27. The van der Waals surface area contributed by atoms with Gasteiger partial charge in [-0.2, -0.15) is 0 Å². The van der Waals surface area contributed by atoms with Crippen molar-refractivity contribution >= 4 is 11.0 Å². The molecule has 0 aliphatic heterocycles. The van der Waals surface area contributed by atoms with Gasteiger partial charge < -0.3 is 0 Å². The predicted molar refractivity (Wildman–Crippen MR) is 45.8 cm³/mol. The summed E-state index contributed by atoms with van der Waals surface area (Å²) in [5, 5.41) is 0. The van der Waals surface area contributed by atoms with Gasteiger partial charge in [0.05, 0.1) is 23.4 Å². The van der Waals surface area contributed by atoms with Crippen LogP contribution in [0.3, 0.4) is 0 Å². The summed E-state index contributed by atoms with van der Waals surface area (Å²) in [5.41, 5.74) is 1.30. The normalized spacial score (nSPS) is 10.0. The molecule has 0 saturated heterocycles. The first-order valence-electron chi connectivity index (χ1n) is 3.57. The highest BCUT2D eigenvalue weighted by atomic mass is 16.1. The fourth-order valence-electron chi connectivity index (χ4n) is 0.982. The smallest absolute Gasteiger partial charge is 0.215 e. The molecule has 0 N–H and O–H groups in total.